The molecular weight excluding hydrogens is 369 g/mol. The van der Waals surface area contributed by atoms with Crippen molar-refractivity contribution in [3.8, 4) is 0 Å². The van der Waals surface area contributed by atoms with Crippen molar-refractivity contribution in [1.29, 1.82) is 0 Å². The molecule has 1 unspecified atom stereocenters. The van der Waals surface area contributed by atoms with E-state index in [0.717, 1.165) is 19.3 Å². The minimum Gasteiger partial charge on any atom is -0.207 e. The Morgan fingerprint density at radius 3 is 2.85 bits per heavy atom. The van der Waals surface area contributed by atoms with E-state index in [1.165, 1.54) is 22.5 Å². The lowest BCUT2D eigenvalue weighted by Crippen LogP contribution is -2.40. The summed E-state index contributed by atoms with van der Waals surface area (Å²) in [5, 5.41) is 0. The number of halogens is 3. The summed E-state index contributed by atoms with van der Waals surface area (Å²) in [6.07, 6.45) is 2.55. The van der Waals surface area contributed by atoms with Crippen LogP contribution in [-0.4, -0.2) is 31.7 Å². The molecule has 3 nitrogen and oxygen atoms in total. The highest BCUT2D eigenvalue weighted by Crippen LogP contribution is 2.28. The van der Waals surface area contributed by atoms with Crippen molar-refractivity contribution < 1.29 is 12.8 Å². The number of benzene rings is 1. The Hall–Kier alpha value is -0.170. The number of rotatable bonds is 4. The molecule has 0 radical (unpaired) electrons. The van der Waals surface area contributed by atoms with Crippen molar-refractivity contribution in [3.63, 3.8) is 0 Å². The zero-order valence-corrected chi connectivity index (χ0v) is 14.0. The van der Waals surface area contributed by atoms with Gasteiger partial charge in [-0.15, -0.1) is 11.6 Å². The third-order valence-corrected chi connectivity index (χ3v) is 6.12. The van der Waals surface area contributed by atoms with Gasteiger partial charge in [-0.1, -0.05) is 15.9 Å². The van der Waals surface area contributed by atoms with Crippen LogP contribution in [0.15, 0.2) is 27.6 Å². The number of sulfonamides is 1. The van der Waals surface area contributed by atoms with Gasteiger partial charge in [0, 0.05) is 23.4 Å². The van der Waals surface area contributed by atoms with Gasteiger partial charge in [-0.25, -0.2) is 12.8 Å². The van der Waals surface area contributed by atoms with Gasteiger partial charge in [0.1, 0.15) is 10.7 Å². The number of hydrogen-bond donors (Lipinski definition) is 0. The average Bonchev–Trinajstić information content (AvgIpc) is 2.39. The first-order chi connectivity index (χ1) is 9.45. The molecule has 0 bridgehead atoms. The first-order valence-corrected chi connectivity index (χ1v) is 9.23. The largest absolute Gasteiger partial charge is 0.245 e. The molecular formula is C13H16BrClFNO2S. The highest BCUT2D eigenvalue weighted by molar-refractivity contribution is 9.10. The molecule has 1 aromatic rings. The number of nitrogens with zero attached hydrogens (tertiary/aromatic N) is 1. The van der Waals surface area contributed by atoms with Gasteiger partial charge in [0.05, 0.1) is 0 Å². The topological polar surface area (TPSA) is 37.4 Å². The van der Waals surface area contributed by atoms with Crippen LogP contribution < -0.4 is 0 Å². The van der Waals surface area contributed by atoms with E-state index in [2.05, 4.69) is 15.9 Å². The number of alkyl halides is 1. The molecule has 0 spiro atoms. The molecule has 20 heavy (non-hydrogen) atoms. The third kappa shape index (κ3) is 3.53. The minimum absolute atomic E-state index is 0.257. The molecule has 0 aromatic heterocycles. The molecule has 7 heteroatoms. The van der Waals surface area contributed by atoms with E-state index in [-0.39, 0.29) is 10.8 Å². The van der Waals surface area contributed by atoms with E-state index in [4.69, 9.17) is 11.6 Å². The van der Waals surface area contributed by atoms with E-state index in [1.807, 2.05) is 0 Å². The standard InChI is InChI=1S/C13H16BrClFNO2S/c14-11-3-4-13(12(16)8-11)20(18,19)17-7-1-2-10(9-17)5-6-15/h3-4,8,10H,1-2,5-7,9H2. The van der Waals surface area contributed by atoms with Crippen LogP contribution in [0.3, 0.4) is 0 Å². The van der Waals surface area contributed by atoms with Crippen LogP contribution in [0.2, 0.25) is 0 Å². The summed E-state index contributed by atoms with van der Waals surface area (Å²) < 4.78 is 40.8. The van der Waals surface area contributed by atoms with Gasteiger partial charge >= 0.3 is 0 Å². The maximum Gasteiger partial charge on any atom is 0.245 e. The van der Waals surface area contributed by atoms with E-state index in [1.54, 1.807) is 0 Å². The van der Waals surface area contributed by atoms with Gasteiger partial charge in [0.2, 0.25) is 10.0 Å². The molecule has 1 aliphatic rings. The van der Waals surface area contributed by atoms with E-state index < -0.39 is 15.8 Å². The lowest BCUT2D eigenvalue weighted by Gasteiger charge is -2.31. The highest BCUT2D eigenvalue weighted by Gasteiger charge is 2.31. The highest BCUT2D eigenvalue weighted by atomic mass is 79.9. The monoisotopic (exact) mass is 383 g/mol. The van der Waals surface area contributed by atoms with E-state index in [9.17, 15) is 12.8 Å². The molecule has 1 aromatic carbocycles. The third-order valence-electron chi connectivity index (χ3n) is 3.51. The smallest absolute Gasteiger partial charge is 0.207 e. The second kappa shape index (κ2) is 6.73. The van der Waals surface area contributed by atoms with Crippen LogP contribution in [0.4, 0.5) is 4.39 Å². The zero-order chi connectivity index (χ0) is 14.8. The first-order valence-electron chi connectivity index (χ1n) is 6.46. The summed E-state index contributed by atoms with van der Waals surface area (Å²) in [5.41, 5.74) is 0. The quantitative estimate of drug-likeness (QED) is 0.744. The molecule has 1 saturated heterocycles. The Morgan fingerprint density at radius 2 is 2.20 bits per heavy atom. The minimum atomic E-state index is -3.77. The van der Waals surface area contributed by atoms with Gasteiger partial charge in [-0.05, 0) is 43.4 Å². The van der Waals surface area contributed by atoms with Gasteiger partial charge in [0.15, 0.2) is 0 Å². The maximum absolute atomic E-state index is 13.9. The van der Waals surface area contributed by atoms with Gasteiger partial charge < -0.3 is 0 Å². The van der Waals surface area contributed by atoms with Crippen molar-refractivity contribution in [1.82, 2.24) is 4.31 Å². The Kier molecular flexibility index (Phi) is 5.45. The van der Waals surface area contributed by atoms with Crippen LogP contribution in [0, 0.1) is 11.7 Å². The van der Waals surface area contributed by atoms with Gasteiger partial charge in [0.25, 0.3) is 0 Å². The van der Waals surface area contributed by atoms with Crippen molar-refractivity contribution in [2.45, 2.75) is 24.2 Å². The predicted octanol–water partition coefficient (Wildman–Crippen LogP) is 3.62. The lowest BCUT2D eigenvalue weighted by atomic mass is 9.97. The van der Waals surface area contributed by atoms with Gasteiger partial charge in [-0.3, -0.25) is 0 Å². The van der Waals surface area contributed by atoms with Crippen LogP contribution >= 0.6 is 27.5 Å². The summed E-state index contributed by atoms with van der Waals surface area (Å²) in [5.74, 6) is 0.0546. The molecule has 1 aliphatic heterocycles. The Labute approximate surface area is 132 Å². The first kappa shape index (κ1) is 16.2. The van der Waals surface area contributed by atoms with Crippen LogP contribution in [-0.2, 0) is 10.0 Å². The summed E-state index contributed by atoms with van der Waals surface area (Å²) in [4.78, 5) is -0.257. The Balaban J connectivity index is 2.25. The molecule has 1 atom stereocenters. The fourth-order valence-electron chi connectivity index (χ4n) is 2.46. The second-order valence-electron chi connectivity index (χ2n) is 4.92. The molecule has 2 rings (SSSR count). The average molecular weight is 385 g/mol. The number of hydrogen-bond acceptors (Lipinski definition) is 2. The van der Waals surface area contributed by atoms with Gasteiger partial charge in [-0.2, -0.15) is 4.31 Å². The van der Waals surface area contributed by atoms with Crippen LogP contribution in [0.5, 0.6) is 0 Å². The molecule has 0 amide bonds. The molecule has 0 aliphatic carbocycles. The Bertz CT molecular complexity index is 580. The molecule has 0 N–H and O–H groups in total. The molecule has 0 saturated carbocycles. The van der Waals surface area contributed by atoms with Crippen molar-refractivity contribution in [3.05, 3.63) is 28.5 Å². The summed E-state index contributed by atoms with van der Waals surface area (Å²) in [6, 6.07) is 4.02. The Morgan fingerprint density at radius 1 is 1.45 bits per heavy atom. The summed E-state index contributed by atoms with van der Waals surface area (Å²) in [7, 11) is -3.77. The lowest BCUT2D eigenvalue weighted by molar-refractivity contribution is 0.261. The van der Waals surface area contributed by atoms with Crippen molar-refractivity contribution in [2.24, 2.45) is 5.92 Å². The van der Waals surface area contributed by atoms with E-state index in [0.29, 0.717) is 23.4 Å². The normalized spacial score (nSPS) is 21.1. The summed E-state index contributed by atoms with van der Waals surface area (Å²) in [6.45, 7) is 0.862. The fraction of sp³-hybridized carbons (Fsp3) is 0.538. The molecule has 1 heterocycles. The maximum atomic E-state index is 13.9. The molecule has 112 valence electrons. The molecule has 1 fully saturated rings. The van der Waals surface area contributed by atoms with Crippen molar-refractivity contribution in [2.75, 3.05) is 19.0 Å². The van der Waals surface area contributed by atoms with E-state index >= 15 is 0 Å². The zero-order valence-electron chi connectivity index (χ0n) is 10.9. The van der Waals surface area contributed by atoms with Crippen molar-refractivity contribution >= 4 is 37.6 Å². The fourth-order valence-corrected chi connectivity index (χ4v) is 4.70. The van der Waals surface area contributed by atoms with Crippen LogP contribution in [0.25, 0.3) is 0 Å². The second-order valence-corrected chi connectivity index (χ2v) is 8.12. The predicted molar refractivity (Wildman–Crippen MR) is 80.9 cm³/mol. The SMILES string of the molecule is O=S(=O)(c1ccc(Br)cc1F)N1CCCC(CCCl)C1. The summed E-state index contributed by atoms with van der Waals surface area (Å²) >= 11 is 8.85. The van der Waals surface area contributed by atoms with Crippen LogP contribution in [0.1, 0.15) is 19.3 Å². The number of piperidine rings is 1.